The molecule has 1 amide bonds. The van der Waals surface area contributed by atoms with E-state index in [2.05, 4.69) is 10.6 Å². The fourth-order valence-electron chi connectivity index (χ4n) is 2.51. The van der Waals surface area contributed by atoms with Crippen molar-refractivity contribution in [1.82, 2.24) is 10.6 Å². The molecule has 0 aromatic heterocycles. The molecule has 5 heteroatoms. The van der Waals surface area contributed by atoms with E-state index in [0.717, 1.165) is 45.4 Å². The molecule has 0 aromatic carbocycles. The fourth-order valence-corrected chi connectivity index (χ4v) is 2.51. The Bertz CT molecular complexity index is 239. The van der Waals surface area contributed by atoms with Crippen molar-refractivity contribution < 1.29 is 9.53 Å². The third-order valence-corrected chi connectivity index (χ3v) is 3.56. The van der Waals surface area contributed by atoms with E-state index in [9.17, 15) is 4.79 Å². The minimum Gasteiger partial charge on any atom is -0.376 e. The number of hydrogen-bond donors (Lipinski definition) is 2. The van der Waals surface area contributed by atoms with Gasteiger partial charge < -0.3 is 15.4 Å². The lowest BCUT2D eigenvalue weighted by Crippen LogP contribution is -2.47. The van der Waals surface area contributed by atoms with Crippen LogP contribution in [0.15, 0.2) is 0 Å². The average Bonchev–Trinajstić information content (AvgIpc) is 2.83. The number of piperidine rings is 1. The summed E-state index contributed by atoms with van der Waals surface area (Å²) >= 11 is 0. The summed E-state index contributed by atoms with van der Waals surface area (Å²) in [6.07, 6.45) is 4.53. The molecule has 2 N–H and O–H groups in total. The maximum absolute atomic E-state index is 12.0. The number of rotatable bonds is 3. The lowest BCUT2D eigenvalue weighted by atomic mass is 9.98. The van der Waals surface area contributed by atoms with Gasteiger partial charge in [-0.05, 0) is 39.2 Å². The summed E-state index contributed by atoms with van der Waals surface area (Å²) in [6.45, 7) is 4.76. The van der Waals surface area contributed by atoms with Gasteiger partial charge in [0.05, 0.1) is 18.1 Å². The predicted octanol–water partition coefficient (Wildman–Crippen LogP) is 1.09. The molecule has 2 aliphatic rings. The molecule has 2 saturated heterocycles. The number of hydrogen-bond acceptors (Lipinski definition) is 3. The Morgan fingerprint density at radius 2 is 2.24 bits per heavy atom. The summed E-state index contributed by atoms with van der Waals surface area (Å²) in [4.78, 5) is 12.0. The maximum atomic E-state index is 12.0. The Hall–Kier alpha value is -0.320. The third-order valence-electron chi connectivity index (χ3n) is 3.56. The first-order chi connectivity index (χ1) is 7.77. The zero-order valence-electron chi connectivity index (χ0n) is 10.4. The number of carbonyl (C=O) groups is 1. The van der Waals surface area contributed by atoms with Crippen molar-refractivity contribution in [2.45, 2.75) is 44.8 Å². The summed E-state index contributed by atoms with van der Waals surface area (Å²) in [5.41, 5.74) is 0. The van der Waals surface area contributed by atoms with E-state index in [-0.39, 0.29) is 36.4 Å². The van der Waals surface area contributed by atoms with Gasteiger partial charge >= 0.3 is 0 Å². The quantitative estimate of drug-likeness (QED) is 0.801. The van der Waals surface area contributed by atoms with E-state index in [4.69, 9.17) is 4.74 Å². The standard InChI is InChI=1S/C12H22N2O2.ClH/c1-9(11-5-3-7-16-11)14-12(15)10-4-2-6-13-8-10;/h9-11,13H,2-8H2,1H3,(H,14,15);1H. The number of amides is 1. The van der Waals surface area contributed by atoms with Gasteiger partial charge in [0.15, 0.2) is 0 Å². The lowest BCUT2D eigenvalue weighted by Gasteiger charge is -2.26. The summed E-state index contributed by atoms with van der Waals surface area (Å²) in [6, 6.07) is 0.150. The van der Waals surface area contributed by atoms with Gasteiger partial charge in [-0.25, -0.2) is 0 Å². The maximum Gasteiger partial charge on any atom is 0.224 e. The van der Waals surface area contributed by atoms with Crippen LogP contribution in [0.4, 0.5) is 0 Å². The Balaban J connectivity index is 0.00000144. The molecular weight excluding hydrogens is 240 g/mol. The first kappa shape index (κ1) is 14.7. The van der Waals surface area contributed by atoms with Crippen LogP contribution >= 0.6 is 12.4 Å². The molecule has 0 bridgehead atoms. The Morgan fingerprint density at radius 1 is 1.41 bits per heavy atom. The summed E-state index contributed by atoms with van der Waals surface area (Å²) in [5.74, 6) is 0.341. The van der Waals surface area contributed by atoms with E-state index in [0.29, 0.717) is 0 Å². The van der Waals surface area contributed by atoms with Gasteiger partial charge in [0, 0.05) is 13.2 Å². The van der Waals surface area contributed by atoms with Crippen molar-refractivity contribution in [3.8, 4) is 0 Å². The summed E-state index contributed by atoms with van der Waals surface area (Å²) < 4.78 is 5.57. The highest BCUT2D eigenvalue weighted by Gasteiger charge is 2.27. The zero-order chi connectivity index (χ0) is 11.4. The second-order valence-corrected chi connectivity index (χ2v) is 4.89. The van der Waals surface area contributed by atoms with Crippen LogP contribution in [0.1, 0.15) is 32.6 Å². The average molecular weight is 263 g/mol. The molecule has 2 aliphatic heterocycles. The largest absolute Gasteiger partial charge is 0.376 e. The normalized spacial score (nSPS) is 30.4. The number of ether oxygens (including phenoxy) is 1. The van der Waals surface area contributed by atoms with Gasteiger partial charge in [0.2, 0.25) is 5.91 Å². The Kier molecular flexibility index (Phi) is 6.23. The molecule has 100 valence electrons. The SMILES string of the molecule is CC(NC(=O)C1CCCNC1)C1CCCO1.Cl. The Labute approximate surface area is 109 Å². The second-order valence-electron chi connectivity index (χ2n) is 4.89. The van der Waals surface area contributed by atoms with Gasteiger partial charge in [-0.2, -0.15) is 0 Å². The van der Waals surface area contributed by atoms with Crippen molar-refractivity contribution in [2.24, 2.45) is 5.92 Å². The molecule has 0 saturated carbocycles. The van der Waals surface area contributed by atoms with Gasteiger partial charge in [0.25, 0.3) is 0 Å². The number of halogens is 1. The Morgan fingerprint density at radius 3 is 2.82 bits per heavy atom. The molecule has 3 atom stereocenters. The first-order valence-corrected chi connectivity index (χ1v) is 6.40. The van der Waals surface area contributed by atoms with Gasteiger partial charge in [-0.3, -0.25) is 4.79 Å². The monoisotopic (exact) mass is 262 g/mol. The molecule has 3 unspecified atom stereocenters. The van der Waals surface area contributed by atoms with Crippen molar-refractivity contribution in [1.29, 1.82) is 0 Å². The van der Waals surface area contributed by atoms with Crippen molar-refractivity contribution >= 4 is 18.3 Å². The predicted molar refractivity (Wildman–Crippen MR) is 69.4 cm³/mol. The summed E-state index contributed by atoms with van der Waals surface area (Å²) in [7, 11) is 0. The third kappa shape index (κ3) is 4.12. The van der Waals surface area contributed by atoms with Crippen LogP contribution in [0.5, 0.6) is 0 Å². The smallest absolute Gasteiger partial charge is 0.224 e. The highest BCUT2D eigenvalue weighted by Crippen LogP contribution is 2.16. The molecule has 2 rings (SSSR count). The van der Waals surface area contributed by atoms with E-state index in [1.165, 1.54) is 0 Å². The van der Waals surface area contributed by atoms with Crippen molar-refractivity contribution in [3.63, 3.8) is 0 Å². The second kappa shape index (κ2) is 7.19. The van der Waals surface area contributed by atoms with Crippen molar-refractivity contribution in [2.75, 3.05) is 19.7 Å². The minimum atomic E-state index is 0. The molecule has 4 nitrogen and oxygen atoms in total. The van der Waals surface area contributed by atoms with E-state index in [1.807, 2.05) is 6.92 Å². The first-order valence-electron chi connectivity index (χ1n) is 6.40. The fraction of sp³-hybridized carbons (Fsp3) is 0.917. The molecule has 2 heterocycles. The highest BCUT2D eigenvalue weighted by molar-refractivity contribution is 5.85. The van der Waals surface area contributed by atoms with Crippen LogP contribution in [0.3, 0.4) is 0 Å². The van der Waals surface area contributed by atoms with Gasteiger partial charge in [-0.1, -0.05) is 0 Å². The van der Waals surface area contributed by atoms with E-state index < -0.39 is 0 Å². The van der Waals surface area contributed by atoms with E-state index >= 15 is 0 Å². The molecule has 17 heavy (non-hydrogen) atoms. The van der Waals surface area contributed by atoms with Crippen LogP contribution in [0.25, 0.3) is 0 Å². The van der Waals surface area contributed by atoms with E-state index in [1.54, 1.807) is 0 Å². The van der Waals surface area contributed by atoms with Crippen LogP contribution in [0.2, 0.25) is 0 Å². The topological polar surface area (TPSA) is 50.4 Å². The van der Waals surface area contributed by atoms with Crippen LogP contribution in [0, 0.1) is 5.92 Å². The lowest BCUT2D eigenvalue weighted by molar-refractivity contribution is -0.127. The molecule has 0 spiro atoms. The van der Waals surface area contributed by atoms with Crippen LogP contribution < -0.4 is 10.6 Å². The number of carbonyl (C=O) groups excluding carboxylic acids is 1. The zero-order valence-corrected chi connectivity index (χ0v) is 11.2. The number of nitrogens with one attached hydrogen (secondary N) is 2. The van der Waals surface area contributed by atoms with Crippen molar-refractivity contribution in [3.05, 3.63) is 0 Å². The van der Waals surface area contributed by atoms with Gasteiger partial charge in [-0.15, -0.1) is 12.4 Å². The molecule has 0 radical (unpaired) electrons. The van der Waals surface area contributed by atoms with Crippen LogP contribution in [-0.2, 0) is 9.53 Å². The summed E-state index contributed by atoms with van der Waals surface area (Å²) in [5, 5.41) is 6.35. The highest BCUT2D eigenvalue weighted by atomic mass is 35.5. The minimum absolute atomic E-state index is 0. The van der Waals surface area contributed by atoms with Gasteiger partial charge in [0.1, 0.15) is 0 Å². The molecular formula is C12H23ClN2O2. The molecule has 2 fully saturated rings. The van der Waals surface area contributed by atoms with Crippen LogP contribution in [-0.4, -0.2) is 37.7 Å². The molecule has 0 aliphatic carbocycles. The molecule has 0 aromatic rings.